The Morgan fingerprint density at radius 3 is 2.65 bits per heavy atom. The number of hydrogen-bond donors (Lipinski definition) is 2. The summed E-state index contributed by atoms with van der Waals surface area (Å²) in [5.74, 6) is 0.417. The number of amides is 2. The molecule has 2 amide bonds. The lowest BCUT2D eigenvalue weighted by Gasteiger charge is -2.29. The number of rotatable bonds is 5. The Morgan fingerprint density at radius 2 is 2.00 bits per heavy atom. The van der Waals surface area contributed by atoms with Gasteiger partial charge in [0.2, 0.25) is 0 Å². The van der Waals surface area contributed by atoms with Crippen LogP contribution in [0.3, 0.4) is 0 Å². The molecule has 0 unspecified atom stereocenters. The highest BCUT2D eigenvalue weighted by Gasteiger charge is 2.26. The molecule has 26 heavy (non-hydrogen) atoms. The van der Waals surface area contributed by atoms with Gasteiger partial charge >= 0.3 is 0 Å². The molecule has 0 aliphatic carbocycles. The summed E-state index contributed by atoms with van der Waals surface area (Å²) in [5.41, 5.74) is 3.23. The van der Waals surface area contributed by atoms with Crippen molar-refractivity contribution in [2.24, 2.45) is 0 Å². The van der Waals surface area contributed by atoms with Crippen LogP contribution in [0, 0.1) is 0 Å². The first-order valence-corrected chi connectivity index (χ1v) is 8.25. The van der Waals surface area contributed by atoms with Crippen LogP contribution in [-0.2, 0) is 11.3 Å². The SMILES string of the molecule is CC(C)Oc1ccc(CN2C(=O)COc3ccc(C(=O)NO)cc32)cc1. The molecular formula is C19H20N2O5. The van der Waals surface area contributed by atoms with Crippen molar-refractivity contribution < 1.29 is 24.3 Å². The highest BCUT2D eigenvalue weighted by atomic mass is 16.5. The number of benzene rings is 2. The number of nitrogens with one attached hydrogen (secondary N) is 1. The second-order valence-corrected chi connectivity index (χ2v) is 6.20. The zero-order valence-corrected chi connectivity index (χ0v) is 14.6. The molecule has 0 aromatic heterocycles. The quantitative estimate of drug-likeness (QED) is 0.635. The topological polar surface area (TPSA) is 88.1 Å². The molecule has 1 heterocycles. The van der Waals surface area contributed by atoms with Crippen LogP contribution in [0.2, 0.25) is 0 Å². The summed E-state index contributed by atoms with van der Waals surface area (Å²) in [5, 5.41) is 8.81. The van der Waals surface area contributed by atoms with Crippen molar-refractivity contribution >= 4 is 17.5 Å². The lowest BCUT2D eigenvalue weighted by Crippen LogP contribution is -2.38. The maximum Gasteiger partial charge on any atom is 0.274 e. The molecule has 0 radical (unpaired) electrons. The van der Waals surface area contributed by atoms with Gasteiger partial charge < -0.3 is 14.4 Å². The molecule has 7 nitrogen and oxygen atoms in total. The summed E-state index contributed by atoms with van der Waals surface area (Å²) in [4.78, 5) is 25.6. The summed E-state index contributed by atoms with van der Waals surface area (Å²) in [6.07, 6.45) is 0.0876. The molecule has 1 aliphatic rings. The molecule has 0 bridgehead atoms. The van der Waals surface area contributed by atoms with E-state index in [1.165, 1.54) is 12.1 Å². The van der Waals surface area contributed by atoms with Gasteiger partial charge in [-0.1, -0.05) is 12.1 Å². The first-order valence-electron chi connectivity index (χ1n) is 8.25. The minimum Gasteiger partial charge on any atom is -0.491 e. The lowest BCUT2D eigenvalue weighted by molar-refractivity contribution is -0.121. The number of nitrogens with zero attached hydrogens (tertiary/aromatic N) is 1. The van der Waals surface area contributed by atoms with Crippen molar-refractivity contribution in [3.05, 3.63) is 53.6 Å². The fourth-order valence-electron chi connectivity index (χ4n) is 2.71. The van der Waals surface area contributed by atoms with Crippen molar-refractivity contribution in [3.63, 3.8) is 0 Å². The zero-order chi connectivity index (χ0) is 18.7. The third-order valence-electron chi connectivity index (χ3n) is 3.90. The molecule has 2 aromatic rings. The van der Waals surface area contributed by atoms with Crippen LogP contribution < -0.4 is 19.9 Å². The predicted octanol–water partition coefficient (Wildman–Crippen LogP) is 2.52. The first-order chi connectivity index (χ1) is 12.5. The van der Waals surface area contributed by atoms with Gasteiger partial charge in [-0.3, -0.25) is 14.8 Å². The van der Waals surface area contributed by atoms with E-state index in [1.54, 1.807) is 16.4 Å². The van der Waals surface area contributed by atoms with Gasteiger partial charge in [-0.2, -0.15) is 0 Å². The smallest absolute Gasteiger partial charge is 0.274 e. The highest BCUT2D eigenvalue weighted by Crippen LogP contribution is 2.34. The third-order valence-corrected chi connectivity index (χ3v) is 3.90. The Labute approximate surface area is 151 Å². The maximum absolute atomic E-state index is 12.4. The van der Waals surface area contributed by atoms with Gasteiger partial charge in [-0.15, -0.1) is 0 Å². The van der Waals surface area contributed by atoms with Crippen molar-refractivity contribution in [2.75, 3.05) is 11.5 Å². The average molecular weight is 356 g/mol. The zero-order valence-electron chi connectivity index (χ0n) is 14.6. The van der Waals surface area contributed by atoms with E-state index in [4.69, 9.17) is 14.7 Å². The van der Waals surface area contributed by atoms with Crippen LogP contribution >= 0.6 is 0 Å². The minimum absolute atomic E-state index is 0.0624. The van der Waals surface area contributed by atoms with Gasteiger partial charge in [0, 0.05) is 5.56 Å². The second-order valence-electron chi connectivity index (χ2n) is 6.20. The molecule has 2 aromatic carbocycles. The molecule has 0 fully saturated rings. The number of hydrogen-bond acceptors (Lipinski definition) is 5. The van der Waals surface area contributed by atoms with Crippen molar-refractivity contribution in [2.45, 2.75) is 26.5 Å². The van der Waals surface area contributed by atoms with Crippen LogP contribution in [0.4, 0.5) is 5.69 Å². The van der Waals surface area contributed by atoms with Gasteiger partial charge in [0.1, 0.15) is 11.5 Å². The Balaban J connectivity index is 1.86. The number of ether oxygens (including phenoxy) is 2. The Morgan fingerprint density at radius 1 is 1.27 bits per heavy atom. The summed E-state index contributed by atoms with van der Waals surface area (Å²) < 4.78 is 11.1. The Bertz CT molecular complexity index is 817. The normalized spacial score (nSPS) is 13.2. The molecule has 0 spiro atoms. The third kappa shape index (κ3) is 3.78. The molecule has 3 rings (SSSR count). The van der Waals surface area contributed by atoms with Crippen LogP contribution in [-0.4, -0.2) is 29.7 Å². The summed E-state index contributed by atoms with van der Waals surface area (Å²) in [6.45, 7) is 4.18. The highest BCUT2D eigenvalue weighted by molar-refractivity contribution is 6.01. The monoisotopic (exact) mass is 356 g/mol. The van der Waals surface area contributed by atoms with E-state index >= 15 is 0 Å². The molecule has 136 valence electrons. The average Bonchev–Trinajstić information content (AvgIpc) is 2.64. The fraction of sp³-hybridized carbons (Fsp3) is 0.263. The number of fused-ring (bicyclic) bond motifs is 1. The van der Waals surface area contributed by atoms with Gasteiger partial charge in [-0.05, 0) is 49.7 Å². The van der Waals surface area contributed by atoms with E-state index in [1.807, 2.05) is 38.1 Å². The van der Waals surface area contributed by atoms with E-state index in [0.29, 0.717) is 18.0 Å². The van der Waals surface area contributed by atoms with Crippen LogP contribution in [0.15, 0.2) is 42.5 Å². The predicted molar refractivity (Wildman–Crippen MR) is 94.6 cm³/mol. The van der Waals surface area contributed by atoms with E-state index in [9.17, 15) is 9.59 Å². The summed E-state index contributed by atoms with van der Waals surface area (Å²) in [6, 6.07) is 12.2. The summed E-state index contributed by atoms with van der Waals surface area (Å²) in [7, 11) is 0. The molecule has 0 saturated carbocycles. The van der Waals surface area contributed by atoms with Crippen LogP contribution in [0.5, 0.6) is 11.5 Å². The number of hydroxylamine groups is 1. The standard InChI is InChI=1S/C19H20N2O5/c1-12(2)26-15-6-3-13(4-7-15)10-21-16-9-14(19(23)20-24)5-8-17(16)25-11-18(21)22/h3-9,12,24H,10-11H2,1-2H3,(H,20,23). The van der Waals surface area contributed by atoms with Crippen molar-refractivity contribution in [1.29, 1.82) is 0 Å². The van der Waals surface area contributed by atoms with E-state index in [-0.39, 0.29) is 24.2 Å². The molecule has 0 atom stereocenters. The largest absolute Gasteiger partial charge is 0.491 e. The number of anilines is 1. The number of carbonyl (C=O) groups excluding carboxylic acids is 2. The molecule has 0 saturated heterocycles. The Kier molecular flexibility index (Phi) is 5.09. The first kappa shape index (κ1) is 17.8. The van der Waals surface area contributed by atoms with Gasteiger partial charge in [0.25, 0.3) is 11.8 Å². The van der Waals surface area contributed by atoms with Gasteiger partial charge in [0.05, 0.1) is 18.3 Å². The second kappa shape index (κ2) is 7.45. The molecule has 7 heteroatoms. The van der Waals surface area contributed by atoms with E-state index in [2.05, 4.69) is 0 Å². The van der Waals surface area contributed by atoms with E-state index < -0.39 is 5.91 Å². The molecule has 1 aliphatic heterocycles. The molecule has 2 N–H and O–H groups in total. The fourth-order valence-corrected chi connectivity index (χ4v) is 2.71. The number of carbonyl (C=O) groups is 2. The lowest BCUT2D eigenvalue weighted by atomic mass is 10.1. The van der Waals surface area contributed by atoms with Crippen molar-refractivity contribution in [1.82, 2.24) is 5.48 Å². The van der Waals surface area contributed by atoms with Gasteiger partial charge in [0.15, 0.2) is 6.61 Å². The maximum atomic E-state index is 12.4. The van der Waals surface area contributed by atoms with Crippen molar-refractivity contribution in [3.8, 4) is 11.5 Å². The van der Waals surface area contributed by atoms with E-state index in [0.717, 1.165) is 11.3 Å². The minimum atomic E-state index is -0.652. The Hall–Kier alpha value is -3.06. The molecular weight excluding hydrogens is 336 g/mol. The summed E-state index contributed by atoms with van der Waals surface area (Å²) >= 11 is 0. The van der Waals surface area contributed by atoms with Crippen LogP contribution in [0.25, 0.3) is 0 Å². The van der Waals surface area contributed by atoms with Gasteiger partial charge in [-0.25, -0.2) is 5.48 Å². The van der Waals surface area contributed by atoms with Crippen LogP contribution in [0.1, 0.15) is 29.8 Å².